The quantitative estimate of drug-likeness (QED) is 0.750. The molecule has 0 fully saturated rings. The van der Waals surface area contributed by atoms with E-state index in [1.807, 2.05) is 0 Å². The standard InChI is InChI=1S/C9H8FN3O/c10-7-2-1-3-11-8(7)9-12-4-6(5-14)13-9/h1-4,14H,5H2,(H,12,13). The van der Waals surface area contributed by atoms with Crippen molar-refractivity contribution in [3.8, 4) is 11.5 Å². The predicted octanol–water partition coefficient (Wildman–Crippen LogP) is 1.10. The van der Waals surface area contributed by atoms with Gasteiger partial charge in [-0.05, 0) is 12.1 Å². The Morgan fingerprint density at radius 2 is 2.29 bits per heavy atom. The van der Waals surface area contributed by atoms with Crippen molar-refractivity contribution >= 4 is 0 Å². The van der Waals surface area contributed by atoms with Crippen LogP contribution in [0.25, 0.3) is 11.5 Å². The van der Waals surface area contributed by atoms with E-state index >= 15 is 0 Å². The summed E-state index contributed by atoms with van der Waals surface area (Å²) in [7, 11) is 0. The molecule has 4 nitrogen and oxygen atoms in total. The first kappa shape index (κ1) is 8.83. The summed E-state index contributed by atoms with van der Waals surface area (Å²) in [4.78, 5) is 10.5. The third-order valence-corrected chi connectivity index (χ3v) is 1.78. The van der Waals surface area contributed by atoms with Crippen LogP contribution >= 0.6 is 0 Å². The molecule has 0 bridgehead atoms. The molecule has 0 saturated heterocycles. The first-order valence-corrected chi connectivity index (χ1v) is 4.07. The van der Waals surface area contributed by atoms with E-state index in [2.05, 4.69) is 15.0 Å². The molecule has 2 N–H and O–H groups in total. The van der Waals surface area contributed by atoms with E-state index in [0.717, 1.165) is 0 Å². The fourth-order valence-corrected chi connectivity index (χ4v) is 1.12. The molecule has 2 rings (SSSR count). The minimum absolute atomic E-state index is 0.151. The Morgan fingerprint density at radius 1 is 1.43 bits per heavy atom. The largest absolute Gasteiger partial charge is 0.390 e. The van der Waals surface area contributed by atoms with Gasteiger partial charge in [0.05, 0.1) is 18.5 Å². The third kappa shape index (κ3) is 1.49. The number of hydrogen-bond donors (Lipinski definition) is 2. The predicted molar refractivity (Wildman–Crippen MR) is 47.7 cm³/mol. The maximum absolute atomic E-state index is 13.2. The molecule has 2 heterocycles. The van der Waals surface area contributed by atoms with Crippen LogP contribution in [0.1, 0.15) is 5.69 Å². The van der Waals surface area contributed by atoms with E-state index < -0.39 is 5.82 Å². The summed E-state index contributed by atoms with van der Waals surface area (Å²) in [6.07, 6.45) is 2.93. The first-order valence-electron chi connectivity index (χ1n) is 4.07. The van der Waals surface area contributed by atoms with Crippen molar-refractivity contribution in [3.05, 3.63) is 36.0 Å². The Balaban J connectivity index is 2.44. The summed E-state index contributed by atoms with van der Waals surface area (Å²) in [5.74, 6) is -0.113. The fourth-order valence-electron chi connectivity index (χ4n) is 1.12. The molecule has 0 aliphatic rings. The maximum Gasteiger partial charge on any atom is 0.159 e. The molecule has 14 heavy (non-hydrogen) atoms. The van der Waals surface area contributed by atoms with E-state index in [4.69, 9.17) is 5.11 Å². The van der Waals surface area contributed by atoms with Gasteiger partial charge in [-0.3, -0.25) is 0 Å². The lowest BCUT2D eigenvalue weighted by Crippen LogP contribution is -1.90. The second kappa shape index (κ2) is 3.55. The lowest BCUT2D eigenvalue weighted by Gasteiger charge is -1.96. The highest BCUT2D eigenvalue weighted by atomic mass is 19.1. The van der Waals surface area contributed by atoms with E-state index in [1.165, 1.54) is 24.5 Å². The number of hydrogen-bond acceptors (Lipinski definition) is 3. The highest BCUT2D eigenvalue weighted by molar-refractivity contribution is 5.49. The van der Waals surface area contributed by atoms with Crippen LogP contribution in [0.5, 0.6) is 0 Å². The number of nitrogens with zero attached hydrogens (tertiary/aromatic N) is 2. The van der Waals surface area contributed by atoms with Gasteiger partial charge in [-0.1, -0.05) is 0 Å². The van der Waals surface area contributed by atoms with Crippen molar-refractivity contribution in [1.82, 2.24) is 15.0 Å². The summed E-state index contributed by atoms with van der Waals surface area (Å²) in [6, 6.07) is 2.82. The number of aliphatic hydroxyl groups excluding tert-OH is 1. The number of aromatic amines is 1. The van der Waals surface area contributed by atoms with Crippen LogP contribution in [0.2, 0.25) is 0 Å². The second-order valence-electron chi connectivity index (χ2n) is 2.75. The molecule has 0 aromatic carbocycles. The number of halogens is 1. The average molecular weight is 193 g/mol. The molecule has 0 spiro atoms. The van der Waals surface area contributed by atoms with Crippen LogP contribution in [0.3, 0.4) is 0 Å². The number of nitrogens with one attached hydrogen (secondary N) is 1. The van der Waals surface area contributed by atoms with Crippen molar-refractivity contribution < 1.29 is 9.50 Å². The van der Waals surface area contributed by atoms with Gasteiger partial charge in [0.2, 0.25) is 0 Å². The number of aliphatic hydroxyl groups is 1. The average Bonchev–Trinajstić information content (AvgIpc) is 2.67. The minimum atomic E-state index is -0.439. The molecule has 0 amide bonds. The van der Waals surface area contributed by atoms with Gasteiger partial charge in [0.25, 0.3) is 0 Å². The molecule has 0 radical (unpaired) electrons. The highest BCUT2D eigenvalue weighted by Crippen LogP contribution is 2.15. The molecule has 0 aliphatic carbocycles. The molecule has 0 saturated carbocycles. The van der Waals surface area contributed by atoms with Gasteiger partial charge in [-0.15, -0.1) is 0 Å². The summed E-state index contributed by atoms with van der Waals surface area (Å²) in [6.45, 7) is -0.151. The Hall–Kier alpha value is -1.75. The Bertz CT molecular complexity index is 441. The van der Waals surface area contributed by atoms with Crippen molar-refractivity contribution in [2.24, 2.45) is 0 Å². The molecule has 72 valence electrons. The van der Waals surface area contributed by atoms with Crippen LogP contribution in [0.15, 0.2) is 24.5 Å². The van der Waals surface area contributed by atoms with Gasteiger partial charge in [-0.25, -0.2) is 14.4 Å². The van der Waals surface area contributed by atoms with Gasteiger partial charge in [0.15, 0.2) is 11.6 Å². The summed E-state index contributed by atoms with van der Waals surface area (Å²) >= 11 is 0. The smallest absolute Gasteiger partial charge is 0.159 e. The SMILES string of the molecule is OCc1cnc(-c2ncccc2F)[nH]1. The molecule has 0 unspecified atom stereocenters. The summed E-state index contributed by atoms with van der Waals surface area (Å²) in [5, 5.41) is 8.78. The van der Waals surface area contributed by atoms with Crippen molar-refractivity contribution in [1.29, 1.82) is 0 Å². The zero-order chi connectivity index (χ0) is 9.97. The minimum Gasteiger partial charge on any atom is -0.390 e. The van der Waals surface area contributed by atoms with Gasteiger partial charge in [0.1, 0.15) is 5.69 Å². The van der Waals surface area contributed by atoms with E-state index in [-0.39, 0.29) is 12.3 Å². The van der Waals surface area contributed by atoms with Crippen LogP contribution < -0.4 is 0 Å². The number of aromatic nitrogens is 3. The van der Waals surface area contributed by atoms with Crippen LogP contribution in [-0.4, -0.2) is 20.1 Å². The normalized spacial score (nSPS) is 10.4. The number of imidazole rings is 1. The van der Waals surface area contributed by atoms with Crippen molar-refractivity contribution in [3.63, 3.8) is 0 Å². The van der Waals surface area contributed by atoms with Crippen LogP contribution in [0.4, 0.5) is 4.39 Å². The van der Waals surface area contributed by atoms with Crippen LogP contribution in [0, 0.1) is 5.82 Å². The summed E-state index contributed by atoms with van der Waals surface area (Å²) in [5.41, 5.74) is 0.692. The van der Waals surface area contributed by atoms with Gasteiger partial charge >= 0.3 is 0 Å². The maximum atomic E-state index is 13.2. The van der Waals surface area contributed by atoms with Gasteiger partial charge < -0.3 is 10.1 Å². The van der Waals surface area contributed by atoms with Gasteiger partial charge in [-0.2, -0.15) is 0 Å². The summed E-state index contributed by atoms with van der Waals surface area (Å²) < 4.78 is 13.2. The topological polar surface area (TPSA) is 61.8 Å². The van der Waals surface area contributed by atoms with Crippen molar-refractivity contribution in [2.75, 3.05) is 0 Å². The first-order chi connectivity index (χ1) is 6.81. The molecule has 5 heteroatoms. The third-order valence-electron chi connectivity index (χ3n) is 1.78. The number of pyridine rings is 1. The van der Waals surface area contributed by atoms with E-state index in [9.17, 15) is 4.39 Å². The molecule has 0 aliphatic heterocycles. The fraction of sp³-hybridized carbons (Fsp3) is 0.111. The molecule has 2 aromatic heterocycles. The number of rotatable bonds is 2. The van der Waals surface area contributed by atoms with Crippen molar-refractivity contribution in [2.45, 2.75) is 6.61 Å². The monoisotopic (exact) mass is 193 g/mol. The Morgan fingerprint density at radius 3 is 2.93 bits per heavy atom. The van der Waals surface area contributed by atoms with E-state index in [1.54, 1.807) is 0 Å². The van der Waals surface area contributed by atoms with E-state index in [0.29, 0.717) is 11.5 Å². The number of H-pyrrole nitrogens is 1. The Kier molecular flexibility index (Phi) is 2.24. The Labute approximate surface area is 79.5 Å². The molecule has 2 aromatic rings. The van der Waals surface area contributed by atoms with Crippen LogP contribution in [-0.2, 0) is 6.61 Å². The second-order valence-corrected chi connectivity index (χ2v) is 2.75. The lowest BCUT2D eigenvalue weighted by molar-refractivity contribution is 0.277. The van der Waals surface area contributed by atoms with Gasteiger partial charge in [0, 0.05) is 6.20 Å². The molecular weight excluding hydrogens is 185 g/mol. The zero-order valence-electron chi connectivity index (χ0n) is 7.24. The highest BCUT2D eigenvalue weighted by Gasteiger charge is 2.08. The lowest BCUT2D eigenvalue weighted by atomic mass is 10.3. The molecule has 0 atom stereocenters. The molecular formula is C9H8FN3O. The zero-order valence-corrected chi connectivity index (χ0v) is 7.24.